The van der Waals surface area contributed by atoms with Gasteiger partial charge in [0.05, 0.1) is 12.2 Å². The fourth-order valence-corrected chi connectivity index (χ4v) is 3.40. The Morgan fingerprint density at radius 2 is 2.53 bits per heavy atom. The summed E-state index contributed by atoms with van der Waals surface area (Å²) in [5, 5.41) is 6.10. The van der Waals surface area contributed by atoms with Crippen molar-refractivity contribution in [2.45, 2.75) is 32.4 Å². The summed E-state index contributed by atoms with van der Waals surface area (Å²) >= 11 is 1.85. The molecule has 2 aromatic rings. The number of aromatic nitrogens is 1. The number of thiophene rings is 1. The first kappa shape index (κ1) is 11.0. The molecule has 3 heterocycles. The summed E-state index contributed by atoms with van der Waals surface area (Å²) in [4.78, 5) is 3.96. The summed E-state index contributed by atoms with van der Waals surface area (Å²) in [6.45, 7) is 4.00. The van der Waals surface area contributed by atoms with Crippen LogP contribution in [0.5, 0.6) is 0 Å². The predicted molar refractivity (Wildman–Crippen MR) is 67.9 cm³/mol. The number of aryl methyl sites for hydroxylation is 1. The lowest BCUT2D eigenvalue weighted by Gasteiger charge is -2.21. The first-order chi connectivity index (χ1) is 8.33. The van der Waals surface area contributed by atoms with Crippen molar-refractivity contribution in [1.82, 2.24) is 10.1 Å². The molecule has 1 saturated heterocycles. The molecule has 1 aliphatic rings. The molecule has 4 heteroatoms. The summed E-state index contributed by atoms with van der Waals surface area (Å²) in [5.74, 6) is 0.978. The molecule has 1 atom stereocenters. The molecular formula is C13H16N2OS. The Morgan fingerprint density at radius 1 is 1.59 bits per heavy atom. The molecule has 0 N–H and O–H groups in total. The summed E-state index contributed by atoms with van der Waals surface area (Å²) in [7, 11) is 0. The van der Waals surface area contributed by atoms with Crippen molar-refractivity contribution in [1.29, 1.82) is 0 Å². The van der Waals surface area contributed by atoms with Gasteiger partial charge in [0.25, 0.3) is 0 Å². The van der Waals surface area contributed by atoms with Gasteiger partial charge < -0.3 is 4.52 Å². The molecule has 17 heavy (non-hydrogen) atoms. The van der Waals surface area contributed by atoms with Crippen molar-refractivity contribution in [2.24, 2.45) is 0 Å². The minimum Gasteiger partial charge on any atom is -0.360 e. The van der Waals surface area contributed by atoms with Crippen molar-refractivity contribution in [3.05, 3.63) is 39.9 Å². The predicted octanol–water partition coefficient (Wildman–Crippen LogP) is 3.38. The number of nitrogens with zero attached hydrogens (tertiary/aromatic N) is 2. The van der Waals surface area contributed by atoms with Crippen LogP contribution >= 0.6 is 11.3 Å². The molecule has 0 saturated carbocycles. The first-order valence-corrected chi connectivity index (χ1v) is 6.90. The van der Waals surface area contributed by atoms with Crippen LogP contribution in [0.25, 0.3) is 0 Å². The van der Waals surface area contributed by atoms with Crippen molar-refractivity contribution < 1.29 is 4.52 Å². The fourth-order valence-electron chi connectivity index (χ4n) is 2.51. The van der Waals surface area contributed by atoms with E-state index in [1.807, 2.05) is 24.3 Å². The average molecular weight is 248 g/mol. The highest BCUT2D eigenvalue weighted by Crippen LogP contribution is 2.35. The number of hydrogen-bond donors (Lipinski definition) is 0. The fraction of sp³-hybridized carbons (Fsp3) is 0.462. The van der Waals surface area contributed by atoms with E-state index in [9.17, 15) is 0 Å². The van der Waals surface area contributed by atoms with E-state index in [-0.39, 0.29) is 0 Å². The molecule has 0 radical (unpaired) electrons. The van der Waals surface area contributed by atoms with E-state index in [1.165, 1.54) is 17.7 Å². The van der Waals surface area contributed by atoms with Crippen LogP contribution in [0, 0.1) is 6.92 Å². The normalized spacial score (nSPS) is 21.1. The topological polar surface area (TPSA) is 29.3 Å². The third kappa shape index (κ3) is 2.28. The molecule has 1 fully saturated rings. The van der Waals surface area contributed by atoms with E-state index < -0.39 is 0 Å². The van der Waals surface area contributed by atoms with Crippen molar-refractivity contribution >= 4 is 11.3 Å². The molecule has 0 bridgehead atoms. The van der Waals surface area contributed by atoms with Crippen LogP contribution in [-0.2, 0) is 6.54 Å². The Kier molecular flexibility index (Phi) is 2.99. The van der Waals surface area contributed by atoms with Crippen LogP contribution in [0.15, 0.2) is 28.1 Å². The standard InChI is InChI=1S/C13H16N2OS/c1-10-8-11(16-14-10)9-15-6-2-4-12(15)13-5-3-7-17-13/h3,5,7-8,12H,2,4,6,9H2,1H3/t12-/m0/s1. The molecule has 0 spiro atoms. The van der Waals surface area contributed by atoms with Gasteiger partial charge in [-0.1, -0.05) is 11.2 Å². The molecule has 2 aromatic heterocycles. The molecule has 3 rings (SSSR count). The van der Waals surface area contributed by atoms with Gasteiger partial charge in [-0.3, -0.25) is 4.90 Å². The van der Waals surface area contributed by atoms with Gasteiger partial charge in [-0.2, -0.15) is 0 Å². The molecule has 0 aliphatic carbocycles. The Hall–Kier alpha value is -1.13. The molecular weight excluding hydrogens is 232 g/mol. The largest absolute Gasteiger partial charge is 0.360 e. The Morgan fingerprint density at radius 3 is 3.24 bits per heavy atom. The zero-order valence-electron chi connectivity index (χ0n) is 9.93. The number of likely N-dealkylation sites (tertiary alicyclic amines) is 1. The van der Waals surface area contributed by atoms with Crippen molar-refractivity contribution in [3.63, 3.8) is 0 Å². The highest BCUT2D eigenvalue weighted by molar-refractivity contribution is 7.10. The van der Waals surface area contributed by atoms with Gasteiger partial charge in [0.1, 0.15) is 0 Å². The molecule has 3 nitrogen and oxygen atoms in total. The third-order valence-electron chi connectivity index (χ3n) is 3.27. The van der Waals surface area contributed by atoms with Crippen LogP contribution in [0.4, 0.5) is 0 Å². The highest BCUT2D eigenvalue weighted by Gasteiger charge is 2.27. The van der Waals surface area contributed by atoms with E-state index in [1.54, 1.807) is 0 Å². The smallest absolute Gasteiger partial charge is 0.150 e. The van der Waals surface area contributed by atoms with Gasteiger partial charge in [-0.05, 0) is 37.8 Å². The second-order valence-corrected chi connectivity index (χ2v) is 5.56. The lowest BCUT2D eigenvalue weighted by Crippen LogP contribution is -2.21. The van der Waals surface area contributed by atoms with Crippen LogP contribution in [0.2, 0.25) is 0 Å². The average Bonchev–Trinajstić information content (AvgIpc) is 3.00. The molecule has 0 unspecified atom stereocenters. The van der Waals surface area contributed by atoms with Gasteiger partial charge in [-0.25, -0.2) is 0 Å². The Bertz CT molecular complexity index is 477. The zero-order valence-corrected chi connectivity index (χ0v) is 10.7. The second kappa shape index (κ2) is 4.63. The van der Waals surface area contributed by atoms with E-state index >= 15 is 0 Å². The lowest BCUT2D eigenvalue weighted by atomic mass is 10.2. The van der Waals surface area contributed by atoms with Crippen molar-refractivity contribution in [2.75, 3.05) is 6.54 Å². The monoisotopic (exact) mass is 248 g/mol. The van der Waals surface area contributed by atoms with Crippen molar-refractivity contribution in [3.8, 4) is 0 Å². The van der Waals surface area contributed by atoms with Crippen LogP contribution in [0.1, 0.15) is 35.2 Å². The molecule has 1 aliphatic heterocycles. The highest BCUT2D eigenvalue weighted by atomic mass is 32.1. The van der Waals surface area contributed by atoms with E-state index in [0.717, 1.165) is 24.5 Å². The van der Waals surface area contributed by atoms with Crippen LogP contribution < -0.4 is 0 Å². The van der Waals surface area contributed by atoms with E-state index in [2.05, 4.69) is 27.6 Å². The van der Waals surface area contributed by atoms with Gasteiger partial charge in [-0.15, -0.1) is 11.3 Å². The van der Waals surface area contributed by atoms with Gasteiger partial charge in [0, 0.05) is 17.0 Å². The first-order valence-electron chi connectivity index (χ1n) is 6.02. The second-order valence-electron chi connectivity index (χ2n) is 4.58. The van der Waals surface area contributed by atoms with E-state index in [4.69, 9.17) is 4.52 Å². The summed E-state index contributed by atoms with van der Waals surface area (Å²) < 4.78 is 5.30. The van der Waals surface area contributed by atoms with Crippen LogP contribution in [-0.4, -0.2) is 16.6 Å². The minimum absolute atomic E-state index is 0.570. The minimum atomic E-state index is 0.570. The quantitative estimate of drug-likeness (QED) is 0.834. The summed E-state index contributed by atoms with van der Waals surface area (Å²) in [5.41, 5.74) is 0.965. The summed E-state index contributed by atoms with van der Waals surface area (Å²) in [6, 6.07) is 6.97. The van der Waals surface area contributed by atoms with Gasteiger partial charge >= 0.3 is 0 Å². The lowest BCUT2D eigenvalue weighted by molar-refractivity contribution is 0.219. The molecule has 0 aromatic carbocycles. The van der Waals surface area contributed by atoms with Crippen LogP contribution in [0.3, 0.4) is 0 Å². The number of hydrogen-bond acceptors (Lipinski definition) is 4. The zero-order chi connectivity index (χ0) is 11.7. The maximum Gasteiger partial charge on any atom is 0.150 e. The van der Waals surface area contributed by atoms with E-state index in [0.29, 0.717) is 6.04 Å². The Balaban J connectivity index is 1.74. The van der Waals surface area contributed by atoms with Gasteiger partial charge in [0.15, 0.2) is 5.76 Å². The number of rotatable bonds is 3. The molecule has 0 amide bonds. The van der Waals surface area contributed by atoms with Gasteiger partial charge in [0.2, 0.25) is 0 Å². The SMILES string of the molecule is Cc1cc(CN2CCC[C@H]2c2cccs2)on1. The third-order valence-corrected chi connectivity index (χ3v) is 4.24. The Labute approximate surface area is 105 Å². The maximum absolute atomic E-state index is 5.30. The summed E-state index contributed by atoms with van der Waals surface area (Å²) in [6.07, 6.45) is 2.53. The molecule has 90 valence electrons. The maximum atomic E-state index is 5.30.